The Balaban J connectivity index is 0.605. The van der Waals surface area contributed by atoms with Crippen molar-refractivity contribution in [1.29, 1.82) is 0 Å². The summed E-state index contributed by atoms with van der Waals surface area (Å²) in [6.07, 6.45) is 8.89. The number of nitrogens with zero attached hydrogens (tertiary/aromatic N) is 7. The second-order valence-corrected chi connectivity index (χ2v) is 38.0. The number of thioether (sulfide) groups is 1. The Morgan fingerprint density at radius 2 is 1.40 bits per heavy atom. The number of hydrogen-bond donors (Lipinski definition) is 5. The molecule has 4 aliphatic heterocycles. The minimum Gasteiger partial charge on any atom is -0.391 e. The smallest absolute Gasteiger partial charge is 0.391 e. The first-order valence-corrected chi connectivity index (χ1v) is 44.4. The van der Waals surface area contributed by atoms with Crippen molar-refractivity contribution in [3.8, 4) is 10.4 Å². The normalized spacial score (nSPS) is 20.3. The number of piperazine rings is 2. The number of β-amino-alcohol motifs (C(OH)–C–C–N with tert-alkyl or cyclic N) is 1. The molecule has 5 heterocycles. The van der Waals surface area contributed by atoms with Gasteiger partial charge in [0.05, 0.1) is 52.0 Å². The van der Waals surface area contributed by atoms with E-state index in [1.165, 1.54) is 45.5 Å². The van der Waals surface area contributed by atoms with Crippen molar-refractivity contribution >= 4 is 95.1 Å². The third kappa shape index (κ3) is 23.2. The number of thiazole rings is 1. The first-order chi connectivity index (χ1) is 53.4. The Labute approximate surface area is 672 Å². The number of amides is 4. The number of aromatic nitrogens is 1. The lowest BCUT2D eigenvalue weighted by atomic mass is 9.71. The Morgan fingerprint density at radius 1 is 0.759 bits per heavy atom. The van der Waals surface area contributed by atoms with E-state index >= 15 is 0 Å². The number of ether oxygens (including phenoxy) is 1. The molecule has 21 nitrogen and oxygen atoms in total. The number of anilines is 2. The van der Waals surface area contributed by atoms with Gasteiger partial charge in [-0.2, -0.15) is 13.2 Å². The van der Waals surface area contributed by atoms with Crippen LogP contribution in [0.2, 0.25) is 5.02 Å². The summed E-state index contributed by atoms with van der Waals surface area (Å²) >= 11 is 9.43. The predicted octanol–water partition coefficient (Wildman–Crippen LogP) is 13.0. The van der Waals surface area contributed by atoms with Crippen molar-refractivity contribution in [2.24, 2.45) is 10.8 Å². The van der Waals surface area contributed by atoms with E-state index in [0.717, 1.165) is 155 Å². The molecule has 0 saturated carbocycles. The SMILES string of the molecule is Cc1ncsc1-c1ccc([C@H](C)NC(=O)[C@@H]2C[C@@H](O)CN2C(=O)[C@@H](NC(=O)CCCCCCCCN2CCN(CC3(C)CCC(c4ccc(Cl)cc4)=C(CN4CCN(c5ccc(C(=O)NS(=O)(=O)c6ccc(N[C@H](CCN7CCOCC7)CSc7ccccc7)c(S(=O)(=O)C(F)(F)F)c6)cc5)CC4)C3)CC2)C(C)(C)C)cc1. The second kappa shape index (κ2) is 38.7. The number of allylic oxidation sites excluding steroid dienone is 1. The summed E-state index contributed by atoms with van der Waals surface area (Å²) in [5.74, 6) is -1.60. The van der Waals surface area contributed by atoms with Gasteiger partial charge in [-0.25, -0.2) is 26.5 Å². The van der Waals surface area contributed by atoms with Gasteiger partial charge >= 0.3 is 5.51 Å². The molecule has 1 unspecified atom stereocenters. The number of carbonyl (C=O) groups is 4. The monoisotopic (exact) mass is 1640 g/mol. The summed E-state index contributed by atoms with van der Waals surface area (Å²) in [5, 5.41) is 20.6. The zero-order chi connectivity index (χ0) is 80.0. The molecule has 0 radical (unpaired) electrons. The molecule has 4 saturated heterocycles. The molecule has 5 N–H and O–H groups in total. The van der Waals surface area contributed by atoms with Gasteiger partial charge in [0.1, 0.15) is 17.0 Å². The average Bonchev–Trinajstić information content (AvgIpc) is 0.959. The van der Waals surface area contributed by atoms with E-state index in [-0.39, 0.29) is 47.7 Å². The molecule has 5 aliphatic rings. The number of aliphatic hydroxyl groups is 1. The largest absolute Gasteiger partial charge is 0.501 e. The summed E-state index contributed by atoms with van der Waals surface area (Å²) in [6.45, 7) is 24.8. The van der Waals surface area contributed by atoms with Crippen molar-refractivity contribution in [3.63, 3.8) is 0 Å². The molecule has 6 atom stereocenters. The topological polar surface area (TPSA) is 246 Å². The summed E-state index contributed by atoms with van der Waals surface area (Å²) < 4.78 is 105. The van der Waals surface area contributed by atoms with Gasteiger partial charge in [0.2, 0.25) is 17.7 Å². The zero-order valence-electron chi connectivity index (χ0n) is 65.1. The van der Waals surface area contributed by atoms with Gasteiger partial charge < -0.3 is 45.4 Å². The maximum absolute atomic E-state index is 14.4. The molecule has 6 aromatic rings. The molecular weight excluding hydrogens is 1530 g/mol. The molecule has 29 heteroatoms. The number of likely N-dealkylation sites (tertiary alicyclic amines) is 1. The van der Waals surface area contributed by atoms with Crippen molar-refractivity contribution in [1.82, 2.24) is 44.8 Å². The van der Waals surface area contributed by atoms with E-state index in [1.807, 2.05) is 112 Å². The first kappa shape index (κ1) is 85.9. The van der Waals surface area contributed by atoms with Gasteiger partial charge in [0.15, 0.2) is 0 Å². The van der Waals surface area contributed by atoms with Crippen LogP contribution < -0.4 is 25.6 Å². The standard InChI is InChI=1S/C83H109ClF3N11O10S4/c1-58(60-19-21-62(22-20-60)76-59(2)88-57-110-76)89-79(102)73-50-68(99)54-98(73)80(103)77(81(3,4)5)91-75(100)18-14-9-7-8-10-15-36-93-38-40-96(41-39-93)56-82(6)35-33-71(61-23-27-65(84)28-24-61)64(52-82)53-95-42-44-97(45-43-95)67-29-25-63(26-30-67)78(101)92-112(106,107)70-31-32-72(74(51-70)111(104,105)83(85,86)87)90-66(34-37-94-46-48-108-49-47-94)55-109-69-16-12-11-13-17-69/h11-13,16-17,19-32,51,57-58,66,68,73,77,90,99H,7-10,14-15,18,33-50,52-56H2,1-6H3,(H,89,102)(H,91,100)(H,92,101)/t58-,66+,68+,73-,77+,82?/m0/s1. The van der Waals surface area contributed by atoms with Crippen LogP contribution in [-0.4, -0.2) is 222 Å². The van der Waals surface area contributed by atoms with Gasteiger partial charge in [-0.05, 0) is 159 Å². The summed E-state index contributed by atoms with van der Waals surface area (Å²) in [6, 6.07) is 31.8. The number of halogens is 4. The van der Waals surface area contributed by atoms with Crippen LogP contribution in [0.15, 0.2) is 147 Å². The van der Waals surface area contributed by atoms with Crippen LogP contribution in [0, 0.1) is 17.8 Å². The van der Waals surface area contributed by atoms with Crippen molar-refractivity contribution in [3.05, 3.63) is 160 Å². The van der Waals surface area contributed by atoms with Crippen LogP contribution in [-0.2, 0) is 39.0 Å². The number of nitrogens with one attached hydrogen (secondary N) is 4. The lowest BCUT2D eigenvalue weighted by Gasteiger charge is -2.44. The van der Waals surface area contributed by atoms with Crippen LogP contribution in [0.4, 0.5) is 24.5 Å². The number of aliphatic hydroxyl groups excluding tert-OH is 1. The number of sulfonamides is 1. The number of unbranched alkanes of at least 4 members (excludes halogenated alkanes) is 5. The van der Waals surface area contributed by atoms with Gasteiger partial charge in [0.25, 0.3) is 25.8 Å². The molecule has 1 aromatic heterocycles. The van der Waals surface area contributed by atoms with Gasteiger partial charge in [-0.3, -0.25) is 29.0 Å². The quantitative estimate of drug-likeness (QED) is 0.0190. The van der Waals surface area contributed by atoms with Crippen molar-refractivity contribution in [2.75, 3.05) is 127 Å². The summed E-state index contributed by atoms with van der Waals surface area (Å²) in [5.41, 5.74) is 2.79. The second-order valence-electron chi connectivity index (χ2n) is 32.0. The molecule has 0 spiro atoms. The molecule has 608 valence electrons. The van der Waals surface area contributed by atoms with E-state index in [0.29, 0.717) is 82.0 Å². The number of sulfone groups is 1. The zero-order valence-corrected chi connectivity index (χ0v) is 69.1. The fraction of sp³-hybridized carbons (Fsp3) is 0.530. The maximum Gasteiger partial charge on any atom is 0.501 e. The van der Waals surface area contributed by atoms with Crippen LogP contribution in [0.25, 0.3) is 16.0 Å². The molecule has 112 heavy (non-hydrogen) atoms. The number of hydrogen-bond acceptors (Lipinski definition) is 19. The van der Waals surface area contributed by atoms with Crippen LogP contribution in [0.5, 0.6) is 0 Å². The summed E-state index contributed by atoms with van der Waals surface area (Å²) in [4.78, 5) is 73.0. The van der Waals surface area contributed by atoms with Gasteiger partial charge in [-0.1, -0.05) is 125 Å². The van der Waals surface area contributed by atoms with Crippen LogP contribution >= 0.6 is 34.7 Å². The fourth-order valence-corrected chi connectivity index (χ4v) is 19.8. The number of alkyl halides is 3. The number of rotatable bonds is 33. The van der Waals surface area contributed by atoms with Crippen LogP contribution in [0.1, 0.15) is 145 Å². The number of aryl methyl sites for hydroxylation is 1. The van der Waals surface area contributed by atoms with E-state index in [2.05, 4.69) is 64.5 Å². The molecule has 4 amide bonds. The highest BCUT2D eigenvalue weighted by molar-refractivity contribution is 7.99. The predicted molar refractivity (Wildman–Crippen MR) is 438 cm³/mol. The van der Waals surface area contributed by atoms with E-state index in [4.69, 9.17) is 16.3 Å². The Kier molecular flexibility index (Phi) is 29.7. The van der Waals surface area contributed by atoms with Crippen molar-refractivity contribution in [2.45, 2.75) is 169 Å². The average molecular weight is 1640 g/mol. The molecule has 0 bridgehead atoms. The number of carbonyl (C=O) groups excluding carboxylic acids is 4. The first-order valence-electron chi connectivity index (χ1n) is 39.2. The highest BCUT2D eigenvalue weighted by Crippen LogP contribution is 2.45. The minimum atomic E-state index is -6.10. The Bertz CT molecular complexity index is 4420. The van der Waals surface area contributed by atoms with E-state index < -0.39 is 76.4 Å². The lowest BCUT2D eigenvalue weighted by Crippen LogP contribution is -2.57. The minimum absolute atomic E-state index is 0.0118. The Morgan fingerprint density at radius 3 is 2.06 bits per heavy atom. The van der Waals surface area contributed by atoms with Crippen molar-refractivity contribution < 1.29 is 59.0 Å². The fourth-order valence-electron chi connectivity index (χ4n) is 15.8. The van der Waals surface area contributed by atoms with Crippen LogP contribution in [0.3, 0.4) is 0 Å². The molecular formula is C83H109ClF3N11O10S4. The highest BCUT2D eigenvalue weighted by Gasteiger charge is 2.49. The number of benzene rings is 5. The molecule has 1 aliphatic carbocycles. The molecule has 5 aromatic carbocycles. The van der Waals surface area contributed by atoms with Gasteiger partial charge in [0, 0.05) is 137 Å². The summed E-state index contributed by atoms with van der Waals surface area (Å²) in [7, 11) is -11.0. The molecule has 11 rings (SSSR count). The Hall–Kier alpha value is -6.96. The van der Waals surface area contributed by atoms with E-state index in [9.17, 15) is 54.3 Å². The highest BCUT2D eigenvalue weighted by atomic mass is 35.5. The van der Waals surface area contributed by atoms with Gasteiger partial charge in [-0.15, -0.1) is 23.1 Å². The van der Waals surface area contributed by atoms with E-state index in [1.54, 1.807) is 23.5 Å². The number of morpholine rings is 1. The lowest BCUT2D eigenvalue weighted by molar-refractivity contribution is -0.144. The third-order valence-corrected chi connectivity index (χ3v) is 27.6. The molecule has 4 fully saturated rings. The third-order valence-electron chi connectivity index (χ3n) is 22.3. The maximum atomic E-state index is 14.4.